The van der Waals surface area contributed by atoms with Crippen LogP contribution in [0.5, 0.6) is 0 Å². The Balaban J connectivity index is 4.21. The first-order chi connectivity index (χ1) is 12.3. The van der Waals surface area contributed by atoms with Gasteiger partial charge >= 0.3 is 0 Å². The first-order valence-electron chi connectivity index (χ1n) is 10.2. The van der Waals surface area contributed by atoms with E-state index in [-0.39, 0.29) is 12.2 Å². The largest absolute Gasteiger partial charge is 0.391 e. The third-order valence-corrected chi connectivity index (χ3v) is 4.48. The fraction of sp³-hybridized carbons (Fsp3) is 1.00. The van der Waals surface area contributed by atoms with Crippen molar-refractivity contribution in [2.45, 2.75) is 58.3 Å². The predicted octanol–water partition coefficient (Wildman–Crippen LogP) is 1.77. The van der Waals surface area contributed by atoms with Crippen LogP contribution in [0, 0.1) is 0 Å². The van der Waals surface area contributed by atoms with Crippen LogP contribution in [0.15, 0.2) is 0 Å². The van der Waals surface area contributed by atoms with E-state index in [1.54, 1.807) is 0 Å². The third-order valence-electron chi connectivity index (χ3n) is 4.48. The molecule has 0 aromatic carbocycles. The quantitative estimate of drug-likeness (QED) is 0.418. The molecule has 0 bridgehead atoms. The summed E-state index contributed by atoms with van der Waals surface area (Å²) < 4.78 is 11.5. The van der Waals surface area contributed by atoms with Crippen molar-refractivity contribution >= 4 is 0 Å². The molecule has 0 radical (unpaired) electrons. The third kappa shape index (κ3) is 14.9. The van der Waals surface area contributed by atoms with E-state index < -0.39 is 0 Å². The van der Waals surface area contributed by atoms with Crippen LogP contribution in [0.1, 0.15) is 40.0 Å². The molecule has 6 heteroatoms. The summed E-state index contributed by atoms with van der Waals surface area (Å²) in [5.41, 5.74) is 0. The van der Waals surface area contributed by atoms with Crippen molar-refractivity contribution in [3.8, 4) is 0 Å². The molecule has 0 saturated carbocycles. The molecule has 0 spiro atoms. The van der Waals surface area contributed by atoms with Gasteiger partial charge < -0.3 is 24.4 Å². The maximum absolute atomic E-state index is 9.53. The second-order valence-corrected chi connectivity index (χ2v) is 7.94. The lowest BCUT2D eigenvalue weighted by Gasteiger charge is -2.30. The fourth-order valence-corrected chi connectivity index (χ4v) is 2.68. The van der Waals surface area contributed by atoms with Gasteiger partial charge in [0.25, 0.3) is 0 Å². The molecule has 1 N–H and O–H groups in total. The Morgan fingerprint density at radius 2 is 1.35 bits per heavy atom. The Bertz CT molecular complexity index is 303. The van der Waals surface area contributed by atoms with Crippen molar-refractivity contribution in [1.29, 1.82) is 0 Å². The molecular formula is C20H45N3O3. The van der Waals surface area contributed by atoms with Gasteiger partial charge in [0.2, 0.25) is 0 Å². The molecule has 0 rings (SSSR count). The number of aliphatic hydroxyl groups is 1. The Labute approximate surface area is 162 Å². The molecule has 0 aromatic rings. The van der Waals surface area contributed by atoms with Gasteiger partial charge in [-0.1, -0.05) is 6.92 Å². The highest BCUT2D eigenvalue weighted by atomic mass is 16.5. The minimum Gasteiger partial charge on any atom is -0.391 e. The second kappa shape index (κ2) is 15.8. The molecule has 3 atom stereocenters. The van der Waals surface area contributed by atoms with E-state index in [0.717, 1.165) is 32.6 Å². The molecule has 6 nitrogen and oxygen atoms in total. The molecule has 0 aliphatic rings. The molecule has 0 heterocycles. The summed E-state index contributed by atoms with van der Waals surface area (Å²) in [6.07, 6.45) is 2.75. The lowest BCUT2D eigenvalue weighted by Crippen LogP contribution is -2.40. The van der Waals surface area contributed by atoms with Gasteiger partial charge in [-0.05, 0) is 87.5 Å². The zero-order chi connectivity index (χ0) is 19.9. The molecule has 26 heavy (non-hydrogen) atoms. The lowest BCUT2D eigenvalue weighted by atomic mass is 10.2. The van der Waals surface area contributed by atoms with Gasteiger partial charge in [-0.15, -0.1) is 0 Å². The average molecular weight is 376 g/mol. The number of ether oxygens (including phenoxy) is 2. The summed E-state index contributed by atoms with van der Waals surface area (Å²) in [6, 6.07) is 0.392. The van der Waals surface area contributed by atoms with Crippen LogP contribution in [0.2, 0.25) is 0 Å². The summed E-state index contributed by atoms with van der Waals surface area (Å²) in [4.78, 5) is 7.02. The van der Waals surface area contributed by atoms with Crippen LogP contribution in [-0.2, 0) is 9.47 Å². The Kier molecular flexibility index (Phi) is 15.6. The van der Waals surface area contributed by atoms with Crippen LogP contribution in [0.25, 0.3) is 0 Å². The van der Waals surface area contributed by atoms with Crippen LogP contribution >= 0.6 is 0 Å². The van der Waals surface area contributed by atoms with Crippen molar-refractivity contribution in [3.63, 3.8) is 0 Å². The van der Waals surface area contributed by atoms with Gasteiger partial charge in [-0.3, -0.25) is 4.90 Å². The number of hydrogen-bond donors (Lipinski definition) is 1. The van der Waals surface area contributed by atoms with Crippen molar-refractivity contribution in [2.75, 3.05) is 74.2 Å². The molecule has 158 valence electrons. The standard InChI is InChI=1S/C20H45N3O3/c1-8-20(24)17-25-16-19(3)26-15-18(2)23(13-9-11-21(4)5)14-10-12-22(6)7/h18-20,24H,8-17H2,1-7H3. The molecule has 0 fully saturated rings. The summed E-state index contributed by atoms with van der Waals surface area (Å²) in [5, 5.41) is 9.53. The fourth-order valence-electron chi connectivity index (χ4n) is 2.68. The number of nitrogens with zero attached hydrogens (tertiary/aromatic N) is 3. The van der Waals surface area contributed by atoms with Crippen molar-refractivity contribution in [3.05, 3.63) is 0 Å². The summed E-state index contributed by atoms with van der Waals surface area (Å²) in [5.74, 6) is 0. The first kappa shape index (κ1) is 25.8. The first-order valence-corrected chi connectivity index (χ1v) is 10.2. The highest BCUT2D eigenvalue weighted by Crippen LogP contribution is 2.06. The van der Waals surface area contributed by atoms with Gasteiger partial charge in [0.1, 0.15) is 0 Å². The minimum absolute atomic E-state index is 0.0481. The highest BCUT2D eigenvalue weighted by Gasteiger charge is 2.15. The summed E-state index contributed by atoms with van der Waals surface area (Å²) in [6.45, 7) is 12.3. The molecule has 0 amide bonds. The van der Waals surface area contributed by atoms with Gasteiger partial charge in [0, 0.05) is 6.04 Å². The zero-order valence-electron chi connectivity index (χ0n) is 18.4. The number of rotatable bonds is 17. The van der Waals surface area contributed by atoms with Crippen LogP contribution < -0.4 is 0 Å². The monoisotopic (exact) mass is 375 g/mol. The van der Waals surface area contributed by atoms with E-state index in [1.165, 1.54) is 12.8 Å². The maximum atomic E-state index is 9.53. The van der Waals surface area contributed by atoms with E-state index in [0.29, 0.717) is 25.9 Å². The smallest absolute Gasteiger partial charge is 0.0781 e. The number of aliphatic hydroxyl groups excluding tert-OH is 1. The van der Waals surface area contributed by atoms with E-state index in [4.69, 9.17) is 9.47 Å². The van der Waals surface area contributed by atoms with E-state index >= 15 is 0 Å². The molecule has 0 aromatic heterocycles. The summed E-state index contributed by atoms with van der Waals surface area (Å²) in [7, 11) is 8.50. The molecule has 0 saturated heterocycles. The maximum Gasteiger partial charge on any atom is 0.0781 e. The van der Waals surface area contributed by atoms with Crippen molar-refractivity contribution in [1.82, 2.24) is 14.7 Å². The molecule has 0 aliphatic carbocycles. The van der Waals surface area contributed by atoms with Gasteiger partial charge in [0.15, 0.2) is 0 Å². The number of hydrogen-bond acceptors (Lipinski definition) is 6. The van der Waals surface area contributed by atoms with Gasteiger partial charge in [-0.25, -0.2) is 0 Å². The highest BCUT2D eigenvalue weighted by molar-refractivity contribution is 4.69. The summed E-state index contributed by atoms with van der Waals surface area (Å²) >= 11 is 0. The molecule has 0 aliphatic heterocycles. The van der Waals surface area contributed by atoms with Gasteiger partial charge in [0.05, 0.1) is 32.0 Å². The SMILES string of the molecule is CCC(O)COCC(C)OCC(C)N(CCCN(C)C)CCCN(C)C. The van der Waals surface area contributed by atoms with E-state index in [9.17, 15) is 5.11 Å². The topological polar surface area (TPSA) is 48.4 Å². The molecular weight excluding hydrogens is 330 g/mol. The Morgan fingerprint density at radius 1 is 0.808 bits per heavy atom. The Morgan fingerprint density at radius 3 is 1.81 bits per heavy atom. The zero-order valence-corrected chi connectivity index (χ0v) is 18.4. The van der Waals surface area contributed by atoms with E-state index in [1.807, 2.05) is 13.8 Å². The average Bonchev–Trinajstić information content (AvgIpc) is 2.57. The minimum atomic E-state index is -0.370. The van der Waals surface area contributed by atoms with Gasteiger partial charge in [-0.2, -0.15) is 0 Å². The van der Waals surface area contributed by atoms with Crippen LogP contribution in [0.4, 0.5) is 0 Å². The lowest BCUT2D eigenvalue weighted by molar-refractivity contribution is -0.0453. The van der Waals surface area contributed by atoms with E-state index in [2.05, 4.69) is 49.8 Å². The molecule has 3 unspecified atom stereocenters. The second-order valence-electron chi connectivity index (χ2n) is 7.94. The normalized spacial score (nSPS) is 15.8. The van der Waals surface area contributed by atoms with Crippen molar-refractivity contribution in [2.24, 2.45) is 0 Å². The van der Waals surface area contributed by atoms with Crippen LogP contribution in [0.3, 0.4) is 0 Å². The van der Waals surface area contributed by atoms with Crippen LogP contribution in [-0.4, -0.2) is 112 Å². The van der Waals surface area contributed by atoms with Crippen molar-refractivity contribution < 1.29 is 14.6 Å². The Hall–Kier alpha value is -0.240. The predicted molar refractivity (Wildman–Crippen MR) is 110 cm³/mol.